The molecule has 24 heavy (non-hydrogen) atoms. The van der Waals surface area contributed by atoms with Gasteiger partial charge < -0.3 is 10.1 Å². The number of nitrogens with zero attached hydrogens (tertiary/aromatic N) is 4. The number of aromatic nitrogens is 1. The lowest BCUT2D eigenvalue weighted by Gasteiger charge is -2.27. The molecule has 0 unspecified atom stereocenters. The zero-order valence-corrected chi connectivity index (χ0v) is 14.5. The SMILES string of the molecule is CN(C1=NCCN1OCc1cccc[n+]1[O-])c1c(Cl)cccc1Cl. The first kappa shape index (κ1) is 16.8. The minimum atomic E-state index is 0.146. The molecule has 3 rings (SSSR count). The zero-order valence-electron chi connectivity index (χ0n) is 13.0. The number of benzene rings is 1. The van der Waals surface area contributed by atoms with E-state index in [1.165, 1.54) is 6.20 Å². The van der Waals surface area contributed by atoms with Crippen molar-refractivity contribution in [3.05, 3.63) is 63.5 Å². The molecule has 8 heteroatoms. The van der Waals surface area contributed by atoms with E-state index in [2.05, 4.69) is 4.99 Å². The number of aliphatic imine (C=N–C) groups is 1. The largest absolute Gasteiger partial charge is 0.618 e. The molecule has 0 spiro atoms. The predicted octanol–water partition coefficient (Wildman–Crippen LogP) is 2.87. The van der Waals surface area contributed by atoms with Gasteiger partial charge in [-0.1, -0.05) is 29.3 Å². The fraction of sp³-hybridized carbons (Fsp3) is 0.250. The summed E-state index contributed by atoms with van der Waals surface area (Å²) < 4.78 is 0.779. The third-order valence-corrected chi connectivity index (χ3v) is 4.23. The lowest BCUT2D eigenvalue weighted by Crippen LogP contribution is -2.41. The van der Waals surface area contributed by atoms with Crippen LogP contribution in [0.4, 0.5) is 5.69 Å². The maximum Gasteiger partial charge on any atom is 0.225 e. The number of hydroxylamine groups is 2. The normalized spacial score (nSPS) is 14.0. The Morgan fingerprint density at radius 3 is 2.71 bits per heavy atom. The summed E-state index contributed by atoms with van der Waals surface area (Å²) in [5, 5.41) is 14.4. The van der Waals surface area contributed by atoms with Crippen molar-refractivity contribution < 1.29 is 9.57 Å². The van der Waals surface area contributed by atoms with Crippen LogP contribution in [0.25, 0.3) is 0 Å². The number of hydrogen-bond donors (Lipinski definition) is 0. The molecule has 0 amide bonds. The van der Waals surface area contributed by atoms with E-state index in [0.29, 0.717) is 40.5 Å². The van der Waals surface area contributed by atoms with Crippen molar-refractivity contribution in [1.29, 1.82) is 0 Å². The molecule has 0 aliphatic carbocycles. The molecular weight excluding hydrogens is 351 g/mol. The topological polar surface area (TPSA) is 55.0 Å². The third-order valence-electron chi connectivity index (χ3n) is 3.62. The second-order valence-corrected chi connectivity index (χ2v) is 6.02. The van der Waals surface area contributed by atoms with Crippen molar-refractivity contribution in [2.45, 2.75) is 6.61 Å². The van der Waals surface area contributed by atoms with E-state index >= 15 is 0 Å². The average Bonchev–Trinajstić information content (AvgIpc) is 3.02. The second kappa shape index (κ2) is 7.25. The summed E-state index contributed by atoms with van der Waals surface area (Å²) in [6.45, 7) is 1.33. The Balaban J connectivity index is 1.75. The van der Waals surface area contributed by atoms with Crippen molar-refractivity contribution in [2.24, 2.45) is 4.99 Å². The molecule has 0 bridgehead atoms. The van der Waals surface area contributed by atoms with E-state index in [9.17, 15) is 5.21 Å². The van der Waals surface area contributed by atoms with Gasteiger partial charge in [0.05, 0.1) is 28.8 Å². The highest BCUT2D eigenvalue weighted by atomic mass is 35.5. The number of anilines is 1. The Morgan fingerprint density at radius 2 is 2.00 bits per heavy atom. The number of halogens is 2. The third kappa shape index (κ3) is 3.40. The highest BCUT2D eigenvalue weighted by molar-refractivity contribution is 6.39. The van der Waals surface area contributed by atoms with Crippen molar-refractivity contribution in [3.63, 3.8) is 0 Å². The van der Waals surface area contributed by atoms with E-state index in [1.54, 1.807) is 46.4 Å². The molecule has 0 saturated carbocycles. The number of rotatable bonds is 4. The predicted molar refractivity (Wildman–Crippen MR) is 94.1 cm³/mol. The van der Waals surface area contributed by atoms with E-state index in [0.717, 1.165) is 4.73 Å². The number of guanidine groups is 1. The summed E-state index contributed by atoms with van der Waals surface area (Å²) in [6.07, 6.45) is 1.44. The Labute approximate surface area is 150 Å². The van der Waals surface area contributed by atoms with Gasteiger partial charge in [0, 0.05) is 19.2 Å². The lowest BCUT2D eigenvalue weighted by atomic mass is 10.3. The maximum absolute atomic E-state index is 11.7. The fourth-order valence-corrected chi connectivity index (χ4v) is 3.10. The second-order valence-electron chi connectivity index (χ2n) is 5.20. The Bertz CT molecular complexity index is 749. The van der Waals surface area contributed by atoms with Crippen LogP contribution in [0.15, 0.2) is 47.6 Å². The maximum atomic E-state index is 11.7. The first-order valence-electron chi connectivity index (χ1n) is 7.37. The highest BCUT2D eigenvalue weighted by Crippen LogP contribution is 2.33. The summed E-state index contributed by atoms with van der Waals surface area (Å²) >= 11 is 12.5. The summed E-state index contributed by atoms with van der Waals surface area (Å²) in [4.78, 5) is 12.0. The van der Waals surface area contributed by atoms with Gasteiger partial charge in [0.1, 0.15) is 0 Å². The molecule has 126 valence electrons. The van der Waals surface area contributed by atoms with Crippen molar-refractivity contribution in [3.8, 4) is 0 Å². The fourth-order valence-electron chi connectivity index (χ4n) is 2.44. The van der Waals surface area contributed by atoms with Gasteiger partial charge in [0.2, 0.25) is 11.7 Å². The molecule has 0 fully saturated rings. The van der Waals surface area contributed by atoms with Crippen LogP contribution in [-0.2, 0) is 11.4 Å². The molecule has 2 aromatic rings. The van der Waals surface area contributed by atoms with E-state index in [1.807, 2.05) is 7.05 Å². The van der Waals surface area contributed by atoms with Crippen LogP contribution in [0, 0.1) is 5.21 Å². The van der Waals surface area contributed by atoms with Gasteiger partial charge in [0.25, 0.3) is 0 Å². The quantitative estimate of drug-likeness (QED) is 0.616. The molecule has 1 aliphatic rings. The molecular formula is C16H16Cl2N4O2. The van der Waals surface area contributed by atoms with Crippen LogP contribution < -0.4 is 9.63 Å². The van der Waals surface area contributed by atoms with Crippen LogP contribution in [0.2, 0.25) is 10.0 Å². The van der Waals surface area contributed by atoms with Crippen LogP contribution in [0.3, 0.4) is 0 Å². The first-order valence-corrected chi connectivity index (χ1v) is 8.13. The Kier molecular flexibility index (Phi) is 5.08. The van der Waals surface area contributed by atoms with Gasteiger partial charge in [-0.15, -0.1) is 0 Å². The lowest BCUT2D eigenvalue weighted by molar-refractivity contribution is -0.617. The Hall–Kier alpha value is -2.02. The van der Waals surface area contributed by atoms with Crippen molar-refractivity contribution >= 4 is 34.8 Å². The Morgan fingerprint density at radius 1 is 1.25 bits per heavy atom. The molecule has 1 aliphatic heterocycles. The monoisotopic (exact) mass is 366 g/mol. The van der Waals surface area contributed by atoms with E-state index in [4.69, 9.17) is 28.0 Å². The molecule has 1 aromatic heterocycles. The molecule has 0 saturated heterocycles. The van der Waals surface area contributed by atoms with Gasteiger partial charge in [-0.25, -0.2) is 10.1 Å². The standard InChI is InChI=1S/C16H16Cl2N4O2/c1-20(15-13(17)6-4-7-14(15)18)16-19-8-10-22(16)24-11-12-5-2-3-9-21(12)23/h2-7,9H,8,10-11H2,1H3. The van der Waals surface area contributed by atoms with Crippen molar-refractivity contribution in [2.75, 3.05) is 25.0 Å². The van der Waals surface area contributed by atoms with Crippen molar-refractivity contribution in [1.82, 2.24) is 5.06 Å². The average molecular weight is 367 g/mol. The van der Waals surface area contributed by atoms with E-state index in [-0.39, 0.29) is 6.61 Å². The molecule has 1 aromatic carbocycles. The van der Waals surface area contributed by atoms with Gasteiger partial charge in [-0.2, -0.15) is 4.73 Å². The van der Waals surface area contributed by atoms with Crippen LogP contribution in [0.1, 0.15) is 5.69 Å². The minimum absolute atomic E-state index is 0.146. The highest BCUT2D eigenvalue weighted by Gasteiger charge is 2.26. The molecule has 0 atom stereocenters. The number of para-hydroxylation sites is 1. The van der Waals surface area contributed by atoms with Crippen LogP contribution in [-0.4, -0.2) is 31.2 Å². The minimum Gasteiger partial charge on any atom is -0.618 e. The summed E-state index contributed by atoms with van der Waals surface area (Å²) in [7, 11) is 1.82. The van der Waals surface area contributed by atoms with Gasteiger partial charge in [-0.05, 0) is 18.2 Å². The number of hydrogen-bond acceptors (Lipinski definition) is 5. The molecule has 2 heterocycles. The number of pyridine rings is 1. The summed E-state index contributed by atoms with van der Waals surface area (Å²) in [6, 6.07) is 10.5. The summed E-state index contributed by atoms with van der Waals surface area (Å²) in [5.74, 6) is 0.596. The molecule has 0 radical (unpaired) electrons. The van der Waals surface area contributed by atoms with Gasteiger partial charge in [0.15, 0.2) is 12.8 Å². The summed E-state index contributed by atoms with van der Waals surface area (Å²) in [5.41, 5.74) is 1.18. The smallest absolute Gasteiger partial charge is 0.225 e. The van der Waals surface area contributed by atoms with Crippen LogP contribution in [0.5, 0.6) is 0 Å². The van der Waals surface area contributed by atoms with E-state index < -0.39 is 0 Å². The molecule has 0 N–H and O–H groups in total. The molecule has 6 nitrogen and oxygen atoms in total. The zero-order chi connectivity index (χ0) is 17.1. The van der Waals surface area contributed by atoms with Gasteiger partial charge in [-0.3, -0.25) is 4.84 Å². The first-order chi connectivity index (χ1) is 11.6. The van der Waals surface area contributed by atoms with Gasteiger partial charge >= 0.3 is 0 Å². The van der Waals surface area contributed by atoms with Crippen LogP contribution >= 0.6 is 23.2 Å².